The van der Waals surface area contributed by atoms with E-state index < -0.39 is 5.97 Å². The number of hydrogen-bond donors (Lipinski definition) is 2. The average molecular weight is 600 g/mol. The smallest absolute Gasteiger partial charge is 0.335 e. The molecule has 0 amide bonds. The number of nitrogens with one attached hydrogen (secondary N) is 1. The highest BCUT2D eigenvalue weighted by Gasteiger charge is 2.25. The lowest BCUT2D eigenvalue weighted by Gasteiger charge is -2.27. The Morgan fingerprint density at radius 2 is 1.88 bits per heavy atom. The Hall–Kier alpha value is -4.55. The van der Waals surface area contributed by atoms with Crippen LogP contribution in [0.15, 0.2) is 51.1 Å². The van der Waals surface area contributed by atoms with E-state index in [2.05, 4.69) is 10.3 Å². The van der Waals surface area contributed by atoms with E-state index in [-0.39, 0.29) is 28.8 Å². The summed E-state index contributed by atoms with van der Waals surface area (Å²) >= 11 is 1.26. The van der Waals surface area contributed by atoms with Crippen LogP contribution in [0.1, 0.15) is 59.5 Å². The van der Waals surface area contributed by atoms with Crippen LogP contribution in [0.25, 0.3) is 32.4 Å². The Morgan fingerprint density at radius 1 is 1.09 bits per heavy atom. The number of nitrogens with zero attached hydrogens (tertiary/aromatic N) is 4. The Bertz CT molecular complexity index is 1950. The van der Waals surface area contributed by atoms with Gasteiger partial charge < -0.3 is 29.0 Å². The van der Waals surface area contributed by atoms with Crippen LogP contribution < -0.4 is 15.6 Å². The number of rotatable bonds is 7. The minimum Gasteiger partial charge on any atom is -0.478 e. The molecular formula is C31H29N5O6S. The molecule has 4 aromatic heterocycles. The van der Waals surface area contributed by atoms with Crippen molar-refractivity contribution in [3.8, 4) is 11.1 Å². The highest BCUT2D eigenvalue weighted by atomic mass is 32.1. The number of ether oxygens (including phenoxy) is 1. The van der Waals surface area contributed by atoms with Gasteiger partial charge in [-0.05, 0) is 42.7 Å². The van der Waals surface area contributed by atoms with Crippen LogP contribution in [-0.4, -0.2) is 57.7 Å². The molecular weight excluding hydrogens is 570 g/mol. The number of thiophene rings is 1. The fourth-order valence-corrected chi connectivity index (χ4v) is 6.96. The number of ketones is 1. The van der Waals surface area contributed by atoms with E-state index in [0.717, 1.165) is 31.1 Å². The van der Waals surface area contributed by atoms with Crippen molar-refractivity contribution in [2.45, 2.75) is 38.6 Å². The molecule has 12 heteroatoms. The lowest BCUT2D eigenvalue weighted by atomic mass is 10.0. The molecule has 1 aliphatic heterocycles. The molecule has 0 bridgehead atoms. The Kier molecular flexibility index (Phi) is 6.94. The predicted octanol–water partition coefficient (Wildman–Crippen LogP) is 5.86. The molecule has 1 aromatic carbocycles. The molecule has 7 rings (SSSR count). The number of anilines is 3. The van der Waals surface area contributed by atoms with Crippen LogP contribution >= 0.6 is 11.3 Å². The summed E-state index contributed by atoms with van der Waals surface area (Å²) in [7, 11) is 0. The van der Waals surface area contributed by atoms with Crippen molar-refractivity contribution in [2.75, 3.05) is 36.5 Å². The third kappa shape index (κ3) is 5.06. The zero-order chi connectivity index (χ0) is 29.7. The van der Waals surface area contributed by atoms with Gasteiger partial charge in [0, 0.05) is 60.3 Å². The third-order valence-corrected chi connectivity index (χ3v) is 9.10. The molecule has 2 fully saturated rings. The quantitative estimate of drug-likeness (QED) is 0.219. The largest absolute Gasteiger partial charge is 0.478 e. The Morgan fingerprint density at radius 3 is 2.63 bits per heavy atom. The van der Waals surface area contributed by atoms with Crippen molar-refractivity contribution in [1.82, 2.24) is 14.5 Å². The van der Waals surface area contributed by atoms with Crippen LogP contribution in [0.2, 0.25) is 0 Å². The summed E-state index contributed by atoms with van der Waals surface area (Å²) in [5.41, 5.74) is 3.27. The predicted molar refractivity (Wildman–Crippen MR) is 164 cm³/mol. The molecule has 0 radical (unpaired) electrons. The van der Waals surface area contributed by atoms with E-state index in [1.807, 2.05) is 20.9 Å². The number of morpholine rings is 1. The van der Waals surface area contributed by atoms with Gasteiger partial charge in [-0.2, -0.15) is 4.98 Å². The average Bonchev–Trinajstić information content (AvgIpc) is 3.76. The van der Waals surface area contributed by atoms with Gasteiger partial charge in [0.15, 0.2) is 17.3 Å². The molecule has 0 unspecified atom stereocenters. The highest BCUT2D eigenvalue weighted by Crippen LogP contribution is 2.38. The van der Waals surface area contributed by atoms with Crippen LogP contribution in [0.3, 0.4) is 0 Å². The summed E-state index contributed by atoms with van der Waals surface area (Å²) in [6.45, 7) is 3.87. The lowest BCUT2D eigenvalue weighted by Crippen LogP contribution is -2.36. The van der Waals surface area contributed by atoms with E-state index in [4.69, 9.17) is 14.1 Å². The van der Waals surface area contributed by atoms with Gasteiger partial charge in [-0.1, -0.05) is 12.8 Å². The highest BCUT2D eigenvalue weighted by molar-refractivity contribution is 7.17. The van der Waals surface area contributed by atoms with Gasteiger partial charge in [0.1, 0.15) is 10.3 Å². The van der Waals surface area contributed by atoms with Gasteiger partial charge in [0.2, 0.25) is 11.4 Å². The summed E-state index contributed by atoms with van der Waals surface area (Å²) in [5, 5.41) is 15.7. The molecule has 220 valence electrons. The zero-order valence-electron chi connectivity index (χ0n) is 23.5. The topological polar surface area (TPSA) is 140 Å². The summed E-state index contributed by atoms with van der Waals surface area (Å²) < 4.78 is 14.2. The lowest BCUT2D eigenvalue weighted by molar-refractivity contribution is 0.0696. The molecule has 11 nitrogen and oxygen atoms in total. The second-order valence-corrected chi connectivity index (χ2v) is 11.8. The number of carbonyl (C=O) groups is 2. The molecule has 0 spiro atoms. The molecule has 1 saturated heterocycles. The molecule has 2 N–H and O–H groups in total. The van der Waals surface area contributed by atoms with Gasteiger partial charge in [0.25, 0.3) is 0 Å². The second-order valence-electron chi connectivity index (χ2n) is 11.0. The van der Waals surface area contributed by atoms with E-state index in [0.29, 0.717) is 70.6 Å². The first-order chi connectivity index (χ1) is 20.9. The van der Waals surface area contributed by atoms with Crippen molar-refractivity contribution < 1.29 is 23.8 Å². The standard InChI is InChI=1S/C31H29N5O6S/c1-17(37)24-13-20-15-32-31(34-29(20)36(24)22-4-2-3-5-22)33-21-11-18(10-19(12-21)30(39)40)23-16-43-28-25(38)14-26(42-27(23)28)35-6-8-41-9-7-35/h10-16,22H,2-9H2,1H3,(H,39,40)(H,32,33,34). The normalized spacial score (nSPS) is 15.9. The van der Waals surface area contributed by atoms with Crippen LogP contribution in [0.5, 0.6) is 0 Å². The number of carboxylic acids is 1. The Labute approximate surface area is 249 Å². The SMILES string of the molecule is CC(=O)c1cc2cnc(Nc3cc(C(=O)O)cc(-c4csc5c(=O)cc(N6CCOCC6)oc45)c3)nc2n1C1CCCC1. The summed E-state index contributed by atoms with van der Waals surface area (Å²) in [6.07, 6.45) is 5.86. The van der Waals surface area contributed by atoms with Crippen molar-refractivity contribution in [3.63, 3.8) is 0 Å². The fourth-order valence-electron chi connectivity index (χ4n) is 6.05. The van der Waals surface area contributed by atoms with Crippen LogP contribution in [0, 0.1) is 0 Å². The number of aromatic nitrogens is 3. The first kappa shape index (κ1) is 27.3. The number of hydrogen-bond acceptors (Lipinski definition) is 10. The number of carboxylic acid groups (broad SMARTS) is 1. The monoisotopic (exact) mass is 599 g/mol. The molecule has 2 aliphatic rings. The fraction of sp³-hybridized carbons (Fsp3) is 0.323. The third-order valence-electron chi connectivity index (χ3n) is 8.13. The van der Waals surface area contributed by atoms with Gasteiger partial charge >= 0.3 is 5.97 Å². The summed E-state index contributed by atoms with van der Waals surface area (Å²) in [5.74, 6) is -0.378. The van der Waals surface area contributed by atoms with E-state index in [1.165, 1.54) is 23.5 Å². The van der Waals surface area contributed by atoms with Crippen LogP contribution in [0.4, 0.5) is 17.5 Å². The van der Waals surface area contributed by atoms with E-state index in [1.54, 1.807) is 25.3 Å². The van der Waals surface area contributed by atoms with E-state index in [9.17, 15) is 19.5 Å². The van der Waals surface area contributed by atoms with Crippen molar-refractivity contribution in [3.05, 3.63) is 63.4 Å². The van der Waals surface area contributed by atoms with E-state index >= 15 is 0 Å². The van der Waals surface area contributed by atoms with Crippen molar-refractivity contribution >= 4 is 61.9 Å². The molecule has 0 atom stereocenters. The molecule has 1 aliphatic carbocycles. The number of fused-ring (bicyclic) bond motifs is 2. The van der Waals surface area contributed by atoms with Crippen LogP contribution in [-0.2, 0) is 4.74 Å². The van der Waals surface area contributed by atoms with Gasteiger partial charge in [0.05, 0.1) is 24.5 Å². The minimum absolute atomic E-state index is 0.0235. The summed E-state index contributed by atoms with van der Waals surface area (Å²) in [6, 6.07) is 8.40. The molecule has 43 heavy (non-hydrogen) atoms. The number of carbonyl (C=O) groups excluding carboxylic acids is 1. The van der Waals surface area contributed by atoms with Gasteiger partial charge in [-0.3, -0.25) is 9.59 Å². The van der Waals surface area contributed by atoms with Crippen molar-refractivity contribution in [2.24, 2.45) is 0 Å². The molecule has 5 heterocycles. The number of benzene rings is 1. The maximum absolute atomic E-state index is 13.0. The van der Waals surface area contributed by atoms with Gasteiger partial charge in [-0.25, -0.2) is 9.78 Å². The van der Waals surface area contributed by atoms with Crippen molar-refractivity contribution in [1.29, 1.82) is 0 Å². The zero-order valence-corrected chi connectivity index (χ0v) is 24.3. The minimum atomic E-state index is -1.10. The first-order valence-electron chi connectivity index (χ1n) is 14.3. The molecule has 5 aromatic rings. The maximum Gasteiger partial charge on any atom is 0.335 e. The van der Waals surface area contributed by atoms with Gasteiger partial charge in [-0.15, -0.1) is 11.3 Å². The Balaban J connectivity index is 1.29. The summed E-state index contributed by atoms with van der Waals surface area (Å²) in [4.78, 5) is 48.8. The number of aromatic carboxylic acids is 1. The second kappa shape index (κ2) is 10.9. The maximum atomic E-state index is 13.0. The molecule has 1 saturated carbocycles. The number of Topliss-reactive ketones (excluding diaryl/α,β-unsaturated/α-hetero) is 1. The first-order valence-corrected chi connectivity index (χ1v) is 15.2.